The van der Waals surface area contributed by atoms with Crippen LogP contribution in [0.4, 0.5) is 0 Å². The maximum atomic E-state index is 12.5. The highest BCUT2D eigenvalue weighted by Crippen LogP contribution is 2.14. The van der Waals surface area contributed by atoms with Gasteiger partial charge in [0.2, 0.25) is 5.91 Å². The van der Waals surface area contributed by atoms with Gasteiger partial charge in [-0.1, -0.05) is 41.4 Å². The van der Waals surface area contributed by atoms with Crippen molar-refractivity contribution in [3.8, 4) is 0 Å². The number of aryl methyl sites for hydroxylation is 1. The fourth-order valence-electron chi connectivity index (χ4n) is 2.97. The van der Waals surface area contributed by atoms with Gasteiger partial charge >= 0.3 is 0 Å². The Labute approximate surface area is 153 Å². The van der Waals surface area contributed by atoms with Crippen LogP contribution < -0.4 is 0 Å². The molecule has 5 heteroatoms. The average Bonchev–Trinajstić information content (AvgIpc) is 2.62. The van der Waals surface area contributed by atoms with Crippen LogP contribution in [0.25, 0.3) is 0 Å². The molecule has 1 saturated heterocycles. The Bertz CT molecular complexity index is 766. The lowest BCUT2D eigenvalue weighted by Crippen LogP contribution is -2.51. The number of nitrogens with zero attached hydrogens (tertiary/aromatic N) is 2. The first-order chi connectivity index (χ1) is 12.0. The molecule has 1 aliphatic rings. The maximum absolute atomic E-state index is 12.5. The molecule has 0 N–H and O–H groups in total. The average molecular weight is 357 g/mol. The minimum atomic E-state index is 0.0296. The lowest BCUT2D eigenvalue weighted by Gasteiger charge is -2.35. The normalized spacial score (nSPS) is 14.5. The number of benzene rings is 2. The molecule has 1 fully saturated rings. The molecule has 2 aromatic rings. The van der Waals surface area contributed by atoms with Crippen LogP contribution in [0, 0.1) is 6.92 Å². The van der Waals surface area contributed by atoms with Crippen LogP contribution in [-0.2, 0) is 11.2 Å². The molecule has 2 amide bonds. The van der Waals surface area contributed by atoms with Gasteiger partial charge in [-0.3, -0.25) is 9.59 Å². The molecular weight excluding hydrogens is 336 g/mol. The van der Waals surface area contributed by atoms with E-state index >= 15 is 0 Å². The number of carbonyl (C=O) groups excluding carboxylic acids is 2. The molecule has 25 heavy (non-hydrogen) atoms. The van der Waals surface area contributed by atoms with E-state index in [1.807, 2.05) is 59.2 Å². The van der Waals surface area contributed by atoms with E-state index in [1.54, 1.807) is 6.07 Å². The number of rotatable bonds is 3. The largest absolute Gasteiger partial charge is 0.339 e. The number of carbonyl (C=O) groups is 2. The van der Waals surface area contributed by atoms with E-state index in [2.05, 4.69) is 0 Å². The maximum Gasteiger partial charge on any atom is 0.253 e. The summed E-state index contributed by atoms with van der Waals surface area (Å²) in [6.07, 6.45) is 0.340. The van der Waals surface area contributed by atoms with Gasteiger partial charge in [-0.05, 0) is 36.8 Å². The fourth-order valence-corrected chi connectivity index (χ4v) is 3.18. The number of amides is 2. The van der Waals surface area contributed by atoms with Crippen LogP contribution >= 0.6 is 11.6 Å². The Morgan fingerprint density at radius 2 is 1.60 bits per heavy atom. The third kappa shape index (κ3) is 4.40. The molecule has 3 rings (SSSR count). The highest BCUT2D eigenvalue weighted by molar-refractivity contribution is 6.30. The molecule has 1 heterocycles. The van der Waals surface area contributed by atoms with Crippen LogP contribution in [0.2, 0.25) is 5.02 Å². The molecule has 0 aliphatic carbocycles. The second-order valence-corrected chi connectivity index (χ2v) is 6.78. The van der Waals surface area contributed by atoms with Crippen LogP contribution in [-0.4, -0.2) is 47.8 Å². The molecule has 4 nitrogen and oxygen atoms in total. The molecule has 130 valence electrons. The Hall–Kier alpha value is -2.33. The van der Waals surface area contributed by atoms with E-state index < -0.39 is 0 Å². The van der Waals surface area contributed by atoms with Crippen molar-refractivity contribution in [2.75, 3.05) is 26.2 Å². The summed E-state index contributed by atoms with van der Waals surface area (Å²) in [5.41, 5.74) is 2.74. The van der Waals surface area contributed by atoms with E-state index in [-0.39, 0.29) is 11.8 Å². The predicted octanol–water partition coefficient (Wildman–Crippen LogP) is 3.18. The van der Waals surface area contributed by atoms with Gasteiger partial charge in [0.15, 0.2) is 0 Å². The lowest BCUT2D eigenvalue weighted by atomic mass is 10.1. The van der Waals surface area contributed by atoms with Crippen LogP contribution in [0.5, 0.6) is 0 Å². The number of hydrogen-bond acceptors (Lipinski definition) is 2. The first kappa shape index (κ1) is 17.5. The SMILES string of the molecule is Cc1ccc(C(=O)N2CCN(C(=O)Cc3cccc(Cl)c3)CC2)cc1. The Kier molecular flexibility index (Phi) is 5.39. The molecule has 0 saturated carbocycles. The molecule has 0 atom stereocenters. The van der Waals surface area contributed by atoms with E-state index in [0.29, 0.717) is 43.2 Å². The van der Waals surface area contributed by atoms with Crippen molar-refractivity contribution in [2.24, 2.45) is 0 Å². The zero-order valence-electron chi connectivity index (χ0n) is 14.2. The van der Waals surface area contributed by atoms with Gasteiger partial charge in [0.05, 0.1) is 6.42 Å². The summed E-state index contributed by atoms with van der Waals surface area (Å²) in [6, 6.07) is 15.0. The van der Waals surface area contributed by atoms with Crippen molar-refractivity contribution in [3.63, 3.8) is 0 Å². The summed E-state index contributed by atoms with van der Waals surface area (Å²) in [7, 11) is 0. The summed E-state index contributed by atoms with van der Waals surface area (Å²) >= 11 is 5.97. The van der Waals surface area contributed by atoms with Gasteiger partial charge in [-0.15, -0.1) is 0 Å². The monoisotopic (exact) mass is 356 g/mol. The molecule has 0 aromatic heterocycles. The smallest absolute Gasteiger partial charge is 0.253 e. The molecule has 0 radical (unpaired) electrons. The quantitative estimate of drug-likeness (QED) is 0.847. The standard InChI is InChI=1S/C20H21ClN2O2/c1-15-5-7-17(8-6-15)20(25)23-11-9-22(10-12-23)19(24)14-16-3-2-4-18(21)13-16/h2-8,13H,9-12,14H2,1H3. The number of piperazine rings is 1. The van der Waals surface area contributed by atoms with E-state index in [9.17, 15) is 9.59 Å². The molecule has 0 unspecified atom stereocenters. The second kappa shape index (κ2) is 7.70. The zero-order valence-corrected chi connectivity index (χ0v) is 15.0. The Morgan fingerprint density at radius 3 is 2.24 bits per heavy atom. The van der Waals surface area contributed by atoms with Crippen molar-refractivity contribution in [3.05, 3.63) is 70.2 Å². The summed E-state index contributed by atoms with van der Waals surface area (Å²) in [6.45, 7) is 4.26. The summed E-state index contributed by atoms with van der Waals surface area (Å²) in [4.78, 5) is 28.6. The molecule has 0 spiro atoms. The van der Waals surface area contributed by atoms with Gasteiger partial charge in [-0.2, -0.15) is 0 Å². The molecule has 2 aromatic carbocycles. The predicted molar refractivity (Wildman–Crippen MR) is 98.8 cm³/mol. The summed E-state index contributed by atoms with van der Waals surface area (Å²) < 4.78 is 0. The topological polar surface area (TPSA) is 40.6 Å². The molecule has 0 bridgehead atoms. The number of hydrogen-bond donors (Lipinski definition) is 0. The Morgan fingerprint density at radius 1 is 0.960 bits per heavy atom. The van der Waals surface area contributed by atoms with Gasteiger partial charge in [-0.25, -0.2) is 0 Å². The van der Waals surface area contributed by atoms with Gasteiger partial charge in [0.25, 0.3) is 5.91 Å². The van der Waals surface area contributed by atoms with Crippen molar-refractivity contribution in [1.82, 2.24) is 9.80 Å². The second-order valence-electron chi connectivity index (χ2n) is 6.35. The highest BCUT2D eigenvalue weighted by atomic mass is 35.5. The van der Waals surface area contributed by atoms with Gasteiger partial charge in [0, 0.05) is 36.8 Å². The van der Waals surface area contributed by atoms with Crippen molar-refractivity contribution in [1.29, 1.82) is 0 Å². The van der Waals surface area contributed by atoms with Crippen molar-refractivity contribution < 1.29 is 9.59 Å². The summed E-state index contributed by atoms with van der Waals surface area (Å²) in [5, 5.41) is 0.638. The van der Waals surface area contributed by atoms with Gasteiger partial charge < -0.3 is 9.80 Å². The third-order valence-electron chi connectivity index (χ3n) is 4.46. The zero-order chi connectivity index (χ0) is 17.8. The minimum absolute atomic E-state index is 0.0296. The first-order valence-electron chi connectivity index (χ1n) is 8.41. The van der Waals surface area contributed by atoms with Crippen molar-refractivity contribution >= 4 is 23.4 Å². The Balaban J connectivity index is 1.55. The van der Waals surface area contributed by atoms with Crippen LogP contribution in [0.3, 0.4) is 0 Å². The summed E-state index contributed by atoms with van der Waals surface area (Å²) in [5.74, 6) is 0.103. The van der Waals surface area contributed by atoms with E-state index in [1.165, 1.54) is 0 Å². The molecule has 1 aliphatic heterocycles. The van der Waals surface area contributed by atoms with Crippen LogP contribution in [0.1, 0.15) is 21.5 Å². The van der Waals surface area contributed by atoms with Gasteiger partial charge in [0.1, 0.15) is 0 Å². The third-order valence-corrected chi connectivity index (χ3v) is 4.70. The van der Waals surface area contributed by atoms with Crippen LogP contribution in [0.15, 0.2) is 48.5 Å². The number of halogens is 1. The minimum Gasteiger partial charge on any atom is -0.339 e. The highest BCUT2D eigenvalue weighted by Gasteiger charge is 2.24. The fraction of sp³-hybridized carbons (Fsp3) is 0.300. The van der Waals surface area contributed by atoms with E-state index in [0.717, 1.165) is 11.1 Å². The van der Waals surface area contributed by atoms with Crippen molar-refractivity contribution in [2.45, 2.75) is 13.3 Å². The molecular formula is C20H21ClN2O2. The van der Waals surface area contributed by atoms with E-state index in [4.69, 9.17) is 11.6 Å². The first-order valence-corrected chi connectivity index (χ1v) is 8.79. The lowest BCUT2D eigenvalue weighted by molar-refractivity contribution is -0.131.